The van der Waals surface area contributed by atoms with Gasteiger partial charge in [-0.3, -0.25) is 3.11 Å². The summed E-state index contributed by atoms with van der Waals surface area (Å²) in [6.07, 6.45) is 3.52. The number of hydrogen-bond donors (Lipinski definition) is 4. The van der Waals surface area contributed by atoms with E-state index in [1.54, 1.807) is 17.3 Å². The summed E-state index contributed by atoms with van der Waals surface area (Å²) in [4.78, 5) is 1.80. The van der Waals surface area contributed by atoms with Crippen molar-refractivity contribution in [3.8, 4) is 23.0 Å². The van der Waals surface area contributed by atoms with Crippen LogP contribution in [-0.2, 0) is 0 Å². The van der Waals surface area contributed by atoms with Crippen molar-refractivity contribution in [3.63, 3.8) is 0 Å². The predicted octanol–water partition coefficient (Wildman–Crippen LogP) is 3.34. The van der Waals surface area contributed by atoms with Gasteiger partial charge < -0.3 is 25.3 Å². The molecule has 0 atom stereocenters. The van der Waals surface area contributed by atoms with Gasteiger partial charge in [0.05, 0.1) is 15.0 Å². The number of anilines is 2. The van der Waals surface area contributed by atoms with Gasteiger partial charge in [0.15, 0.2) is 0 Å². The Morgan fingerprint density at radius 1 is 0.783 bits per heavy atom. The van der Waals surface area contributed by atoms with Crippen LogP contribution >= 0.6 is 21.0 Å². The normalized spacial score (nSPS) is 14.4. The van der Waals surface area contributed by atoms with E-state index < -0.39 is 21.0 Å². The van der Waals surface area contributed by atoms with E-state index in [0.29, 0.717) is 11.4 Å². The van der Waals surface area contributed by atoms with E-state index in [1.165, 1.54) is 36.4 Å². The van der Waals surface area contributed by atoms with Crippen molar-refractivity contribution in [1.82, 2.24) is 0 Å². The Hall–Kier alpha value is -2.42. The van der Waals surface area contributed by atoms with Gasteiger partial charge in [-0.2, -0.15) is 0 Å². The topological polar surface area (TPSA) is 87.4 Å². The smallest absolute Gasteiger partial charge is 0.140 e. The number of phenolic OH excluding ortho intramolecular Hbond substituents is 4. The molecule has 2 aromatic carbocycles. The summed E-state index contributed by atoms with van der Waals surface area (Å²) >= 11 is -0.686. The molecule has 0 aromatic heterocycles. The Bertz CT molecular complexity index is 820. The maximum atomic E-state index is 9.99. The van der Waals surface area contributed by atoms with Crippen LogP contribution in [0.5, 0.6) is 23.0 Å². The van der Waals surface area contributed by atoms with Gasteiger partial charge in [0, 0.05) is 45.5 Å². The highest BCUT2D eigenvalue weighted by Crippen LogP contribution is 2.39. The fraction of sp³-hybridized carbons (Fsp3) is 0.0625. The highest BCUT2D eigenvalue weighted by molar-refractivity contribution is 14.2. The van der Waals surface area contributed by atoms with Crippen molar-refractivity contribution in [2.75, 3.05) is 8.01 Å². The van der Waals surface area contributed by atoms with Crippen LogP contribution in [0.3, 0.4) is 0 Å². The number of nitrogens with zero attached hydrogens (tertiary/aromatic N) is 2. The molecule has 0 bridgehead atoms. The van der Waals surface area contributed by atoms with Gasteiger partial charge in [-0.05, 0) is 31.2 Å². The first-order chi connectivity index (χ1) is 11.0. The zero-order valence-electron chi connectivity index (χ0n) is 12.2. The zero-order chi connectivity index (χ0) is 16.6. The summed E-state index contributed by atoms with van der Waals surface area (Å²) in [7, 11) is 0. The maximum absolute atomic E-state index is 9.99. The van der Waals surface area contributed by atoms with Crippen molar-refractivity contribution in [2.45, 2.75) is 6.92 Å². The second kappa shape index (κ2) is 5.99. The van der Waals surface area contributed by atoms with Crippen LogP contribution in [0.25, 0.3) is 0 Å². The minimum atomic E-state index is -0.686. The Kier molecular flexibility index (Phi) is 4.03. The maximum Gasteiger partial charge on any atom is 0.140 e. The number of phenols is 4. The van der Waals surface area contributed by atoms with E-state index in [1.807, 2.05) is 10.0 Å². The summed E-state index contributed by atoms with van der Waals surface area (Å²) < 4.78 is 2.87. The van der Waals surface area contributed by atoms with Crippen molar-refractivity contribution in [1.29, 1.82) is 0 Å². The fourth-order valence-electron chi connectivity index (χ4n) is 2.19. The molecule has 0 radical (unpaired) electrons. The quantitative estimate of drug-likeness (QED) is 0.335. The molecule has 0 spiro atoms. The monoisotopic (exact) mass is 426 g/mol. The van der Waals surface area contributed by atoms with Crippen molar-refractivity contribution in [2.24, 2.45) is 0 Å². The average molecular weight is 426 g/mol. The van der Waals surface area contributed by atoms with Crippen LogP contribution in [0.15, 0.2) is 48.8 Å². The average Bonchev–Trinajstić information content (AvgIpc) is 2.52. The lowest BCUT2D eigenvalue weighted by molar-refractivity contribution is 0.461. The van der Waals surface area contributed by atoms with E-state index in [4.69, 9.17) is 0 Å². The minimum absolute atomic E-state index is 0.0736. The molecular weight excluding hydrogens is 411 g/mol. The molecule has 2 aromatic rings. The van der Waals surface area contributed by atoms with Crippen molar-refractivity contribution in [3.05, 3.63) is 48.8 Å². The molecule has 23 heavy (non-hydrogen) atoms. The summed E-state index contributed by atoms with van der Waals surface area (Å²) in [5.74, 6) is 0.323. The minimum Gasteiger partial charge on any atom is -0.508 e. The molecule has 0 saturated carbocycles. The van der Waals surface area contributed by atoms with E-state index in [2.05, 4.69) is 0 Å². The van der Waals surface area contributed by atoms with Gasteiger partial charge in [0.1, 0.15) is 23.0 Å². The zero-order valence-corrected chi connectivity index (χ0v) is 14.3. The van der Waals surface area contributed by atoms with Crippen molar-refractivity contribution < 1.29 is 20.4 Å². The van der Waals surface area contributed by atoms with Gasteiger partial charge in [-0.1, -0.05) is 0 Å². The Morgan fingerprint density at radius 3 is 1.96 bits per heavy atom. The lowest BCUT2D eigenvalue weighted by Crippen LogP contribution is -2.26. The summed E-state index contributed by atoms with van der Waals surface area (Å²) in [6, 6.07) is 8.75. The van der Waals surface area contributed by atoms with Gasteiger partial charge in [0.25, 0.3) is 0 Å². The van der Waals surface area contributed by atoms with Crippen molar-refractivity contribution >= 4 is 36.0 Å². The second-order valence-corrected chi connectivity index (χ2v) is 7.99. The number of aromatic hydroxyl groups is 4. The molecule has 3 rings (SSSR count). The predicted molar refractivity (Wildman–Crippen MR) is 98.3 cm³/mol. The third-order valence-electron chi connectivity index (χ3n) is 3.30. The Labute approximate surface area is 143 Å². The molecular formula is C16H15IN2O4. The molecule has 1 heterocycles. The number of rotatable bonds is 2. The second-order valence-electron chi connectivity index (χ2n) is 4.91. The fourth-order valence-corrected chi connectivity index (χ4v) is 4.54. The molecule has 6 nitrogen and oxygen atoms in total. The Balaban J connectivity index is 1.96. The standard InChI is InChI=1S/C16H15IN2O4/c1-10-17-19(14-9-12(21)3-5-16(14)23)7-6-18(10)13-8-11(20)2-4-15(13)22/h2-9,20-23H,1H3. The number of hydrogen-bond acceptors (Lipinski definition) is 6. The van der Waals surface area contributed by atoms with Crippen LogP contribution in [0.2, 0.25) is 0 Å². The Morgan fingerprint density at radius 2 is 1.35 bits per heavy atom. The lowest BCUT2D eigenvalue weighted by Gasteiger charge is -2.29. The van der Waals surface area contributed by atoms with Crippen LogP contribution < -0.4 is 8.01 Å². The van der Waals surface area contributed by atoms with E-state index in [-0.39, 0.29) is 23.0 Å². The summed E-state index contributed by atoms with van der Waals surface area (Å²) in [5, 5.41) is 39.2. The van der Waals surface area contributed by atoms with Gasteiger partial charge >= 0.3 is 0 Å². The third kappa shape index (κ3) is 3.04. The molecule has 1 aliphatic heterocycles. The van der Waals surface area contributed by atoms with Gasteiger partial charge in [0.2, 0.25) is 0 Å². The number of halogens is 1. The van der Waals surface area contributed by atoms with Crippen LogP contribution in [0.4, 0.5) is 11.4 Å². The molecule has 0 unspecified atom stereocenters. The molecule has 4 N–H and O–H groups in total. The van der Waals surface area contributed by atoms with E-state index >= 15 is 0 Å². The van der Waals surface area contributed by atoms with E-state index in [9.17, 15) is 20.4 Å². The lowest BCUT2D eigenvalue weighted by atomic mass is 10.2. The molecule has 120 valence electrons. The van der Waals surface area contributed by atoms with Gasteiger partial charge in [-0.25, -0.2) is 0 Å². The first-order valence-electron chi connectivity index (χ1n) is 6.75. The molecule has 7 heteroatoms. The summed E-state index contributed by atoms with van der Waals surface area (Å²) in [5.41, 5.74) is 1.03. The molecule has 1 aliphatic rings. The largest absolute Gasteiger partial charge is 0.508 e. The summed E-state index contributed by atoms with van der Waals surface area (Å²) in [6.45, 7) is 1.92. The van der Waals surface area contributed by atoms with Crippen LogP contribution in [-0.4, -0.2) is 24.1 Å². The van der Waals surface area contributed by atoms with Crippen LogP contribution in [0, 0.1) is 0 Å². The first kappa shape index (κ1) is 15.5. The van der Waals surface area contributed by atoms with E-state index in [0.717, 1.165) is 3.63 Å². The third-order valence-corrected chi connectivity index (χ3v) is 5.88. The highest BCUT2D eigenvalue weighted by atomic mass is 127. The molecule has 0 aliphatic carbocycles. The van der Waals surface area contributed by atoms with Crippen LogP contribution in [0.1, 0.15) is 6.92 Å². The first-order valence-corrected chi connectivity index (χ1v) is 8.79. The molecule has 0 saturated heterocycles. The molecule has 0 amide bonds. The highest BCUT2D eigenvalue weighted by Gasteiger charge is 2.18. The number of benzene rings is 2. The molecule has 0 fully saturated rings. The van der Waals surface area contributed by atoms with Gasteiger partial charge in [-0.15, -0.1) is 0 Å². The SMILES string of the molecule is CC1=IN(c2cc(O)ccc2O)C=CN1c1cc(O)ccc1O.